The van der Waals surface area contributed by atoms with Crippen molar-refractivity contribution < 1.29 is 0 Å². The summed E-state index contributed by atoms with van der Waals surface area (Å²) in [4.78, 5) is 4.77. The van der Waals surface area contributed by atoms with Crippen molar-refractivity contribution in [3.63, 3.8) is 0 Å². The van der Waals surface area contributed by atoms with Crippen LogP contribution in [-0.4, -0.2) is 17.6 Å². The topological polar surface area (TPSA) is 17.8 Å². The smallest absolute Gasteiger partial charge is 0.179 e. The van der Waals surface area contributed by atoms with Crippen molar-refractivity contribution in [1.82, 2.24) is 9.55 Å². The van der Waals surface area contributed by atoms with Crippen LogP contribution in [0.5, 0.6) is 0 Å². The molecule has 0 aliphatic carbocycles. The molecule has 0 radical (unpaired) electrons. The lowest BCUT2D eigenvalue weighted by Gasteiger charge is -2.34. The normalized spacial score (nSPS) is 11.8. The Morgan fingerprint density at radius 1 is 0.396 bits per heavy atom. The van der Waals surface area contributed by atoms with Gasteiger partial charge in [0.15, 0.2) is 8.07 Å². The quantitative estimate of drug-likeness (QED) is 0.134. The van der Waals surface area contributed by atoms with Gasteiger partial charge in [0, 0.05) is 33.6 Å². The minimum Gasteiger partial charge on any atom is -0.309 e. The maximum atomic E-state index is 4.77. The highest BCUT2D eigenvalue weighted by Crippen LogP contribution is 2.33. The van der Waals surface area contributed by atoms with Crippen molar-refractivity contribution in [1.29, 1.82) is 0 Å². The summed E-state index contributed by atoms with van der Waals surface area (Å²) in [6, 6.07) is 68.9. The number of fused-ring (bicyclic) bond motifs is 4. The number of rotatable bonds is 6. The lowest BCUT2D eigenvalue weighted by Crippen LogP contribution is -2.74. The predicted molar refractivity (Wildman–Crippen MR) is 205 cm³/mol. The second kappa shape index (κ2) is 11.6. The van der Waals surface area contributed by atoms with Gasteiger partial charge < -0.3 is 4.57 Å². The largest absolute Gasteiger partial charge is 0.309 e. The molecule has 2 aromatic heterocycles. The van der Waals surface area contributed by atoms with E-state index in [1.165, 1.54) is 53.3 Å². The molecule has 0 N–H and O–H groups in total. The number of nitrogens with zero attached hydrogens (tertiary/aromatic N) is 2. The van der Waals surface area contributed by atoms with Gasteiger partial charge in [0.05, 0.1) is 16.7 Å². The van der Waals surface area contributed by atoms with Crippen LogP contribution in [-0.2, 0) is 0 Å². The Labute approximate surface area is 281 Å². The summed E-state index contributed by atoms with van der Waals surface area (Å²) in [6.07, 6.45) is 1.90. The minimum absolute atomic E-state index is 1.01. The van der Waals surface area contributed by atoms with Crippen molar-refractivity contribution in [2.45, 2.75) is 0 Å². The van der Waals surface area contributed by atoms with E-state index in [0.717, 1.165) is 16.9 Å². The summed E-state index contributed by atoms with van der Waals surface area (Å²) in [5.74, 6) is 0. The molecule has 7 aromatic carbocycles. The van der Waals surface area contributed by atoms with Crippen LogP contribution >= 0.6 is 0 Å². The molecule has 226 valence electrons. The predicted octanol–water partition coefficient (Wildman–Crippen LogP) is 8.38. The summed E-state index contributed by atoms with van der Waals surface area (Å²) in [5, 5.41) is 10.4. The van der Waals surface area contributed by atoms with Crippen molar-refractivity contribution in [3.05, 3.63) is 194 Å². The van der Waals surface area contributed by atoms with E-state index in [2.05, 4.69) is 193 Å². The maximum absolute atomic E-state index is 4.77. The SMILES string of the molecule is c1ccc([Si](c2ccccc2)(c2ccccc2)c2ccc3c(c2)c2ccccc2n3-c2ccc(-c3nccc4ccccc34)cc2)cc1. The molecule has 0 unspecified atom stereocenters. The van der Waals surface area contributed by atoms with Gasteiger partial charge in [0.25, 0.3) is 0 Å². The third kappa shape index (κ3) is 4.44. The lowest BCUT2D eigenvalue weighted by atomic mass is 10.0. The molecule has 0 amide bonds. The number of pyridine rings is 1. The van der Waals surface area contributed by atoms with Gasteiger partial charge in [0.1, 0.15) is 0 Å². The van der Waals surface area contributed by atoms with Gasteiger partial charge in [-0.3, -0.25) is 4.98 Å². The zero-order valence-corrected chi connectivity index (χ0v) is 27.4. The van der Waals surface area contributed by atoms with Crippen molar-refractivity contribution >= 4 is 61.4 Å². The first-order valence-electron chi connectivity index (χ1n) is 16.5. The van der Waals surface area contributed by atoms with Gasteiger partial charge >= 0.3 is 0 Å². The van der Waals surface area contributed by atoms with E-state index in [-0.39, 0.29) is 0 Å². The fourth-order valence-corrected chi connectivity index (χ4v) is 12.4. The van der Waals surface area contributed by atoms with Crippen LogP contribution in [0.25, 0.3) is 49.5 Å². The molecular weight excluding hydrogens is 597 g/mol. The number of hydrogen-bond donors (Lipinski definition) is 0. The molecule has 0 aliphatic heterocycles. The van der Waals surface area contributed by atoms with Gasteiger partial charge in [0.2, 0.25) is 0 Å². The van der Waals surface area contributed by atoms with Crippen molar-refractivity contribution in [2.75, 3.05) is 0 Å². The number of aromatic nitrogens is 2. The fourth-order valence-electron chi connectivity index (χ4n) is 7.67. The summed E-state index contributed by atoms with van der Waals surface area (Å²) in [5.41, 5.74) is 5.66. The van der Waals surface area contributed by atoms with E-state index in [1.54, 1.807) is 0 Å². The van der Waals surface area contributed by atoms with E-state index in [1.807, 2.05) is 6.20 Å². The molecule has 9 aromatic rings. The van der Waals surface area contributed by atoms with Crippen LogP contribution in [0.4, 0.5) is 0 Å². The first-order chi connectivity index (χ1) is 23.8. The Balaban J connectivity index is 1.27. The highest BCUT2D eigenvalue weighted by Gasteiger charge is 2.41. The van der Waals surface area contributed by atoms with Crippen LogP contribution < -0.4 is 20.7 Å². The van der Waals surface area contributed by atoms with Gasteiger partial charge in [-0.2, -0.15) is 0 Å². The van der Waals surface area contributed by atoms with Crippen LogP contribution in [0.1, 0.15) is 0 Å². The Hall–Kier alpha value is -6.03. The van der Waals surface area contributed by atoms with Gasteiger partial charge in [-0.25, -0.2) is 0 Å². The molecular formula is C45H32N2Si. The standard InChI is InChI=1S/C45H32N2Si/c1-4-15-36(16-5-1)48(37-17-6-2-7-18-37,38-19-8-3-9-20-38)39-28-29-44-42(32-39)41-22-12-13-23-43(41)47(44)35-26-24-34(25-27-35)45-40-21-11-10-14-33(40)30-31-46-45/h1-32H. The van der Waals surface area contributed by atoms with E-state index < -0.39 is 8.07 Å². The summed E-state index contributed by atoms with van der Waals surface area (Å²) < 4.78 is 2.41. The van der Waals surface area contributed by atoms with Crippen LogP contribution in [0.3, 0.4) is 0 Å². The first-order valence-corrected chi connectivity index (χ1v) is 18.5. The Morgan fingerprint density at radius 2 is 0.938 bits per heavy atom. The highest BCUT2D eigenvalue weighted by atomic mass is 28.3. The van der Waals surface area contributed by atoms with E-state index in [0.29, 0.717) is 0 Å². The molecule has 3 heteroatoms. The summed E-state index contributed by atoms with van der Waals surface area (Å²) >= 11 is 0. The summed E-state index contributed by atoms with van der Waals surface area (Å²) in [7, 11) is -2.66. The highest BCUT2D eigenvalue weighted by molar-refractivity contribution is 7.20. The van der Waals surface area contributed by atoms with Gasteiger partial charge in [-0.05, 0) is 56.5 Å². The van der Waals surface area contributed by atoms with E-state index in [9.17, 15) is 0 Å². The molecule has 0 aliphatic rings. The monoisotopic (exact) mass is 628 g/mol. The average molecular weight is 629 g/mol. The van der Waals surface area contributed by atoms with Crippen molar-refractivity contribution in [2.24, 2.45) is 0 Å². The molecule has 9 rings (SSSR count). The Kier molecular flexibility index (Phi) is 6.84. The third-order valence-electron chi connectivity index (χ3n) is 9.80. The molecule has 0 fully saturated rings. The summed E-state index contributed by atoms with van der Waals surface area (Å²) in [6.45, 7) is 0. The fraction of sp³-hybridized carbons (Fsp3) is 0. The zero-order chi connectivity index (χ0) is 31.9. The molecule has 2 heterocycles. The Morgan fingerprint density at radius 3 is 1.58 bits per heavy atom. The van der Waals surface area contributed by atoms with Crippen LogP contribution in [0.15, 0.2) is 194 Å². The molecule has 2 nitrogen and oxygen atoms in total. The van der Waals surface area contributed by atoms with Gasteiger partial charge in [-0.1, -0.05) is 158 Å². The Bertz CT molecular complexity index is 2440. The second-order valence-corrected chi connectivity index (χ2v) is 16.2. The molecule has 0 bridgehead atoms. The van der Waals surface area contributed by atoms with Crippen LogP contribution in [0, 0.1) is 0 Å². The third-order valence-corrected chi connectivity index (χ3v) is 14.6. The number of benzene rings is 7. The zero-order valence-electron chi connectivity index (χ0n) is 26.4. The number of hydrogen-bond acceptors (Lipinski definition) is 1. The van der Waals surface area contributed by atoms with Gasteiger partial charge in [-0.15, -0.1) is 0 Å². The molecule has 0 saturated heterocycles. The molecule has 0 spiro atoms. The average Bonchev–Trinajstić information content (AvgIpc) is 3.50. The van der Waals surface area contributed by atoms with Crippen LogP contribution in [0.2, 0.25) is 0 Å². The lowest BCUT2D eigenvalue weighted by molar-refractivity contribution is 1.18. The molecule has 48 heavy (non-hydrogen) atoms. The number of para-hydroxylation sites is 1. The van der Waals surface area contributed by atoms with E-state index >= 15 is 0 Å². The first kappa shape index (κ1) is 28.2. The molecule has 0 saturated carbocycles. The maximum Gasteiger partial charge on any atom is 0.179 e. The minimum atomic E-state index is -2.66. The van der Waals surface area contributed by atoms with E-state index in [4.69, 9.17) is 4.98 Å². The molecule has 0 atom stereocenters. The second-order valence-electron chi connectivity index (χ2n) is 12.4. The van der Waals surface area contributed by atoms with Crippen molar-refractivity contribution in [3.8, 4) is 16.9 Å².